The maximum absolute atomic E-state index is 11.5. The van der Waals surface area contributed by atoms with E-state index in [9.17, 15) is 4.79 Å². The Bertz CT molecular complexity index is 335. The first kappa shape index (κ1) is 12.1. The highest BCUT2D eigenvalue weighted by atomic mass is 32.1. The number of hydrogen-bond acceptors (Lipinski definition) is 4. The van der Waals surface area contributed by atoms with Gasteiger partial charge in [0.2, 0.25) is 5.91 Å². The van der Waals surface area contributed by atoms with Gasteiger partial charge in [0, 0.05) is 18.1 Å². The average Bonchev–Trinajstić information content (AvgIpc) is 2.64. The molecule has 1 amide bonds. The Labute approximate surface area is 94.1 Å². The monoisotopic (exact) mass is 227 g/mol. The van der Waals surface area contributed by atoms with Crippen molar-refractivity contribution in [3.8, 4) is 0 Å². The molecule has 15 heavy (non-hydrogen) atoms. The third-order valence-electron chi connectivity index (χ3n) is 2.09. The van der Waals surface area contributed by atoms with Crippen molar-refractivity contribution in [1.82, 2.24) is 9.88 Å². The zero-order valence-corrected chi connectivity index (χ0v) is 10.2. The molecule has 0 aliphatic carbocycles. The largest absolute Gasteiger partial charge is 0.338 e. The number of aromatic nitrogens is 1. The van der Waals surface area contributed by atoms with Crippen molar-refractivity contribution in [3.63, 3.8) is 0 Å². The molecule has 1 unspecified atom stereocenters. The van der Waals surface area contributed by atoms with Crippen LogP contribution < -0.4 is 5.73 Å². The van der Waals surface area contributed by atoms with Gasteiger partial charge in [-0.1, -0.05) is 6.92 Å². The normalized spacial score (nSPS) is 12.5. The molecule has 1 heterocycles. The highest BCUT2D eigenvalue weighted by Crippen LogP contribution is 2.14. The van der Waals surface area contributed by atoms with Gasteiger partial charge in [-0.15, -0.1) is 11.3 Å². The van der Waals surface area contributed by atoms with Gasteiger partial charge >= 0.3 is 0 Å². The third kappa shape index (κ3) is 3.28. The quantitative estimate of drug-likeness (QED) is 0.835. The predicted octanol–water partition coefficient (Wildman–Crippen LogP) is 1.01. The summed E-state index contributed by atoms with van der Waals surface area (Å²) >= 11 is 1.64. The van der Waals surface area contributed by atoms with Gasteiger partial charge in [0.1, 0.15) is 5.01 Å². The van der Waals surface area contributed by atoms with Gasteiger partial charge in [-0.05, 0) is 13.3 Å². The van der Waals surface area contributed by atoms with Gasteiger partial charge in [-0.25, -0.2) is 4.98 Å². The van der Waals surface area contributed by atoms with Gasteiger partial charge in [0.15, 0.2) is 0 Å². The van der Waals surface area contributed by atoms with Gasteiger partial charge in [0.25, 0.3) is 0 Å². The molecule has 0 radical (unpaired) electrons. The van der Waals surface area contributed by atoms with E-state index < -0.39 is 6.04 Å². The molecule has 84 valence electrons. The maximum atomic E-state index is 11.5. The summed E-state index contributed by atoms with van der Waals surface area (Å²) in [4.78, 5) is 18.6. The smallest absolute Gasteiger partial charge is 0.239 e. The fourth-order valence-electron chi connectivity index (χ4n) is 1.21. The van der Waals surface area contributed by atoms with E-state index in [-0.39, 0.29) is 5.91 Å². The summed E-state index contributed by atoms with van der Waals surface area (Å²) in [5.74, 6) is -0.0525. The summed E-state index contributed by atoms with van der Waals surface area (Å²) in [6.07, 6.45) is 2.85. The first-order chi connectivity index (χ1) is 7.04. The molecule has 2 N–H and O–H groups in total. The lowest BCUT2D eigenvalue weighted by Crippen LogP contribution is -2.39. The number of amides is 1. The van der Waals surface area contributed by atoms with Crippen LogP contribution in [0.1, 0.15) is 23.7 Å². The lowest BCUT2D eigenvalue weighted by Gasteiger charge is -2.17. The molecule has 0 aromatic carbocycles. The van der Waals surface area contributed by atoms with Crippen LogP contribution in [0.4, 0.5) is 0 Å². The average molecular weight is 227 g/mol. The van der Waals surface area contributed by atoms with Crippen molar-refractivity contribution in [2.24, 2.45) is 5.73 Å². The molecular weight excluding hydrogens is 210 g/mol. The lowest BCUT2D eigenvalue weighted by molar-refractivity contribution is -0.131. The Kier molecular flexibility index (Phi) is 4.23. The van der Waals surface area contributed by atoms with E-state index in [2.05, 4.69) is 11.9 Å². The second kappa shape index (κ2) is 5.23. The summed E-state index contributed by atoms with van der Waals surface area (Å²) in [5, 5.41) is 0.961. The number of hydrogen-bond donors (Lipinski definition) is 1. The lowest BCUT2D eigenvalue weighted by atomic mass is 10.3. The van der Waals surface area contributed by atoms with Crippen LogP contribution in [0.15, 0.2) is 6.20 Å². The molecule has 0 fully saturated rings. The Morgan fingerprint density at radius 1 is 1.73 bits per heavy atom. The summed E-state index contributed by atoms with van der Waals surface area (Å²) in [5.41, 5.74) is 5.51. The zero-order valence-electron chi connectivity index (χ0n) is 9.36. The van der Waals surface area contributed by atoms with Gasteiger partial charge in [-0.3, -0.25) is 4.79 Å². The van der Waals surface area contributed by atoms with Crippen LogP contribution in [0.3, 0.4) is 0 Å². The number of nitrogens with two attached hydrogens (primary N) is 1. The molecule has 0 aliphatic heterocycles. The van der Waals surface area contributed by atoms with Crippen LogP contribution in [0.25, 0.3) is 0 Å². The van der Waals surface area contributed by atoms with Crippen molar-refractivity contribution in [3.05, 3.63) is 16.1 Å². The SMILES string of the molecule is CCc1cnc(CN(C)C(=O)C(C)N)s1. The van der Waals surface area contributed by atoms with Crippen molar-refractivity contribution < 1.29 is 4.79 Å². The number of nitrogens with zero attached hydrogens (tertiary/aromatic N) is 2. The van der Waals surface area contributed by atoms with E-state index in [1.807, 2.05) is 6.20 Å². The fraction of sp³-hybridized carbons (Fsp3) is 0.600. The Hall–Kier alpha value is -0.940. The number of carbonyl (C=O) groups is 1. The van der Waals surface area contributed by atoms with Crippen molar-refractivity contribution in [1.29, 1.82) is 0 Å². The number of likely N-dealkylation sites (N-methyl/N-ethyl adjacent to an activating group) is 1. The number of carbonyl (C=O) groups excluding carboxylic acids is 1. The molecule has 1 aromatic heterocycles. The predicted molar refractivity (Wildman–Crippen MR) is 61.6 cm³/mol. The van der Waals surface area contributed by atoms with Crippen molar-refractivity contribution >= 4 is 17.2 Å². The van der Waals surface area contributed by atoms with Gasteiger partial charge in [-0.2, -0.15) is 0 Å². The molecule has 4 nitrogen and oxygen atoms in total. The standard InChI is InChI=1S/C10H17N3OS/c1-4-8-5-12-9(15-8)6-13(3)10(14)7(2)11/h5,7H,4,6,11H2,1-3H3. The first-order valence-electron chi connectivity index (χ1n) is 4.98. The zero-order chi connectivity index (χ0) is 11.4. The molecule has 1 aromatic rings. The van der Waals surface area contributed by atoms with Crippen LogP contribution >= 0.6 is 11.3 Å². The van der Waals surface area contributed by atoms with Crippen molar-refractivity contribution in [2.75, 3.05) is 7.05 Å². The van der Waals surface area contributed by atoms with E-state index in [1.54, 1.807) is 30.2 Å². The van der Waals surface area contributed by atoms with Crippen LogP contribution in [0.2, 0.25) is 0 Å². The number of thiazole rings is 1. The van der Waals surface area contributed by atoms with E-state index in [0.717, 1.165) is 11.4 Å². The van der Waals surface area contributed by atoms with Crippen LogP contribution in [0.5, 0.6) is 0 Å². The van der Waals surface area contributed by atoms with Gasteiger partial charge < -0.3 is 10.6 Å². The fourth-order valence-corrected chi connectivity index (χ4v) is 2.13. The minimum atomic E-state index is -0.444. The molecule has 0 saturated carbocycles. The molecule has 0 saturated heterocycles. The maximum Gasteiger partial charge on any atom is 0.239 e. The van der Waals surface area contributed by atoms with E-state index in [4.69, 9.17) is 5.73 Å². The Morgan fingerprint density at radius 2 is 2.40 bits per heavy atom. The molecule has 0 aliphatic rings. The van der Waals surface area contributed by atoms with E-state index >= 15 is 0 Å². The summed E-state index contributed by atoms with van der Waals surface area (Å²) in [6.45, 7) is 4.33. The Balaban J connectivity index is 2.58. The highest BCUT2D eigenvalue weighted by Gasteiger charge is 2.14. The van der Waals surface area contributed by atoms with Crippen molar-refractivity contribution in [2.45, 2.75) is 32.9 Å². The third-order valence-corrected chi connectivity index (χ3v) is 3.21. The summed E-state index contributed by atoms with van der Waals surface area (Å²) in [6, 6.07) is -0.444. The van der Waals surface area contributed by atoms with Gasteiger partial charge in [0.05, 0.1) is 12.6 Å². The second-order valence-electron chi connectivity index (χ2n) is 3.56. The number of rotatable bonds is 4. The van der Waals surface area contributed by atoms with Crippen LogP contribution in [-0.4, -0.2) is 28.9 Å². The topological polar surface area (TPSA) is 59.2 Å². The molecule has 1 rings (SSSR count). The molecule has 1 atom stereocenters. The van der Waals surface area contributed by atoms with Crippen LogP contribution in [0, 0.1) is 0 Å². The molecule has 0 bridgehead atoms. The first-order valence-corrected chi connectivity index (χ1v) is 5.80. The molecular formula is C10H17N3OS. The minimum Gasteiger partial charge on any atom is -0.338 e. The second-order valence-corrected chi connectivity index (χ2v) is 4.76. The summed E-state index contributed by atoms with van der Waals surface area (Å²) < 4.78 is 0. The summed E-state index contributed by atoms with van der Waals surface area (Å²) in [7, 11) is 1.75. The van der Waals surface area contributed by atoms with Crippen LogP contribution in [-0.2, 0) is 17.8 Å². The Morgan fingerprint density at radius 3 is 2.87 bits per heavy atom. The minimum absolute atomic E-state index is 0.0525. The molecule has 0 spiro atoms. The van der Waals surface area contributed by atoms with E-state index in [0.29, 0.717) is 6.54 Å². The molecule has 5 heteroatoms. The highest BCUT2D eigenvalue weighted by molar-refractivity contribution is 7.11. The van der Waals surface area contributed by atoms with E-state index in [1.165, 1.54) is 4.88 Å². The number of aryl methyl sites for hydroxylation is 1.